The number of benzene rings is 2. The van der Waals surface area contributed by atoms with Gasteiger partial charge in [0.25, 0.3) is 0 Å². The van der Waals surface area contributed by atoms with E-state index in [1.165, 1.54) is 19.2 Å². The molecule has 2 aromatic rings. The number of carbonyl (C=O) groups is 3. The molecule has 4 bridgehead atoms. The minimum atomic E-state index is -1.23. The number of amides is 3. The van der Waals surface area contributed by atoms with Gasteiger partial charge in [-0.2, -0.15) is 0 Å². The zero-order valence-corrected chi connectivity index (χ0v) is 19.3. The van der Waals surface area contributed by atoms with Gasteiger partial charge in [-0.3, -0.25) is 14.4 Å². The van der Waals surface area contributed by atoms with Gasteiger partial charge in [-0.1, -0.05) is 12.1 Å². The van der Waals surface area contributed by atoms with Crippen molar-refractivity contribution in [2.45, 2.75) is 43.5 Å². The molecule has 1 aliphatic rings. The molecule has 10 N–H and O–H groups in total. The maximum absolute atomic E-state index is 13.1. The number of aromatic hydroxyl groups is 2. The van der Waals surface area contributed by atoms with Crippen molar-refractivity contribution >= 4 is 17.7 Å². The van der Waals surface area contributed by atoms with Crippen LogP contribution in [0.1, 0.15) is 17.5 Å². The van der Waals surface area contributed by atoms with Crippen LogP contribution in [-0.2, 0) is 27.2 Å². The number of rotatable bonds is 4. The fraction of sp³-hybridized carbons (Fsp3) is 0.375. The van der Waals surface area contributed by atoms with Crippen molar-refractivity contribution in [3.8, 4) is 22.6 Å². The van der Waals surface area contributed by atoms with Crippen molar-refractivity contribution in [1.82, 2.24) is 16.0 Å². The molecular weight excluding hydrogens is 454 g/mol. The molecule has 0 aromatic heterocycles. The lowest BCUT2D eigenvalue weighted by molar-refractivity contribution is -0.132. The number of hydrogen-bond acceptors (Lipinski definition) is 8. The van der Waals surface area contributed by atoms with Crippen LogP contribution in [0.3, 0.4) is 0 Å². The van der Waals surface area contributed by atoms with E-state index < -0.39 is 42.0 Å². The van der Waals surface area contributed by atoms with E-state index in [0.29, 0.717) is 22.3 Å². The van der Waals surface area contributed by atoms with Gasteiger partial charge in [-0.05, 0) is 46.5 Å². The third kappa shape index (κ3) is 6.27. The Kier molecular flexibility index (Phi) is 8.28. The minimum absolute atomic E-state index is 0.0227. The van der Waals surface area contributed by atoms with Crippen molar-refractivity contribution in [3.05, 3.63) is 47.5 Å². The van der Waals surface area contributed by atoms with E-state index in [0.717, 1.165) is 0 Å². The summed E-state index contributed by atoms with van der Waals surface area (Å²) in [4.78, 5) is 38.5. The Morgan fingerprint density at radius 1 is 1.03 bits per heavy atom. The molecule has 1 aliphatic heterocycles. The molecule has 35 heavy (non-hydrogen) atoms. The van der Waals surface area contributed by atoms with Crippen LogP contribution in [0, 0.1) is 0 Å². The lowest BCUT2D eigenvalue weighted by Crippen LogP contribution is -2.57. The number of hydrogen-bond donors (Lipinski definition) is 8. The first-order valence-corrected chi connectivity index (χ1v) is 11.2. The maximum Gasteiger partial charge on any atom is 0.243 e. The minimum Gasteiger partial charge on any atom is -0.508 e. The predicted molar refractivity (Wildman–Crippen MR) is 128 cm³/mol. The van der Waals surface area contributed by atoms with Crippen LogP contribution in [-0.4, -0.2) is 70.9 Å². The smallest absolute Gasteiger partial charge is 0.243 e. The number of aliphatic hydroxyl groups is 1. The molecule has 2 aromatic carbocycles. The molecule has 0 fully saturated rings. The molecule has 0 saturated carbocycles. The predicted octanol–water partition coefficient (Wildman–Crippen LogP) is -1.38. The summed E-state index contributed by atoms with van der Waals surface area (Å²) in [6, 6.07) is 6.27. The van der Waals surface area contributed by atoms with E-state index in [2.05, 4.69) is 16.0 Å². The molecule has 3 amide bonds. The molecule has 188 valence electrons. The van der Waals surface area contributed by atoms with Gasteiger partial charge in [0.2, 0.25) is 17.7 Å². The van der Waals surface area contributed by atoms with Crippen LogP contribution in [0.4, 0.5) is 0 Å². The number of likely N-dealkylation sites (N-methyl/N-ethyl adjacent to an activating group) is 1. The van der Waals surface area contributed by atoms with Crippen LogP contribution in [0.2, 0.25) is 0 Å². The second-order valence-electron chi connectivity index (χ2n) is 8.56. The van der Waals surface area contributed by atoms with Gasteiger partial charge in [0.15, 0.2) is 0 Å². The van der Waals surface area contributed by atoms with Crippen molar-refractivity contribution in [2.75, 3.05) is 13.6 Å². The fourth-order valence-corrected chi connectivity index (χ4v) is 3.94. The van der Waals surface area contributed by atoms with E-state index in [1.807, 2.05) is 0 Å². The van der Waals surface area contributed by atoms with Gasteiger partial charge in [0.05, 0.1) is 12.1 Å². The summed E-state index contributed by atoms with van der Waals surface area (Å²) in [5, 5.41) is 38.4. The third-order valence-corrected chi connectivity index (χ3v) is 5.99. The average Bonchev–Trinajstić information content (AvgIpc) is 2.84. The average molecular weight is 486 g/mol. The number of carbonyl (C=O) groups excluding carboxylic acids is 3. The molecule has 4 atom stereocenters. The summed E-state index contributed by atoms with van der Waals surface area (Å²) >= 11 is 0. The number of nitrogens with one attached hydrogen (secondary N) is 3. The normalized spacial score (nSPS) is 21.7. The first kappa shape index (κ1) is 25.9. The van der Waals surface area contributed by atoms with E-state index >= 15 is 0 Å². The summed E-state index contributed by atoms with van der Waals surface area (Å²) in [5.74, 6) is -2.02. The lowest BCUT2D eigenvalue weighted by Gasteiger charge is -2.25. The molecule has 0 spiro atoms. The van der Waals surface area contributed by atoms with E-state index in [-0.39, 0.29) is 37.3 Å². The van der Waals surface area contributed by atoms with Crippen LogP contribution < -0.4 is 27.4 Å². The Morgan fingerprint density at radius 3 is 2.14 bits per heavy atom. The summed E-state index contributed by atoms with van der Waals surface area (Å²) in [7, 11) is 1.41. The van der Waals surface area contributed by atoms with Crippen LogP contribution in [0.15, 0.2) is 36.4 Å². The summed E-state index contributed by atoms with van der Waals surface area (Å²) < 4.78 is 0. The Labute approximate surface area is 202 Å². The Morgan fingerprint density at radius 2 is 1.60 bits per heavy atom. The standard InChI is InChI=1S/C24H31N5O6/c1-27-23(34)18-9-15-7-13(3-5-21(15)32)12-2-4-20(31)14(6-12)8-17(26)22(33)28-19(24(35)29-18)10-16(30)11-25/h2-7,16-19,30-32H,8-11,25-26H2,1H3,(H,27,34)(H,28,33)(H,29,35)/t16-,17+,18-,19-/m1/s1. The van der Waals surface area contributed by atoms with Crippen LogP contribution >= 0.6 is 0 Å². The highest BCUT2D eigenvalue weighted by molar-refractivity contribution is 5.93. The monoisotopic (exact) mass is 485 g/mol. The molecule has 0 radical (unpaired) electrons. The lowest BCUT2D eigenvalue weighted by atomic mass is 9.95. The van der Waals surface area contributed by atoms with E-state index in [4.69, 9.17) is 11.5 Å². The molecular formula is C24H31N5O6. The van der Waals surface area contributed by atoms with E-state index in [9.17, 15) is 29.7 Å². The first-order chi connectivity index (χ1) is 16.6. The number of phenols is 2. The van der Waals surface area contributed by atoms with Gasteiger partial charge in [0.1, 0.15) is 23.6 Å². The van der Waals surface area contributed by atoms with Gasteiger partial charge in [-0.15, -0.1) is 0 Å². The molecule has 0 aliphatic carbocycles. The van der Waals surface area contributed by atoms with Crippen molar-refractivity contribution in [3.63, 3.8) is 0 Å². The zero-order chi connectivity index (χ0) is 25.7. The number of nitrogens with two attached hydrogens (primary N) is 2. The molecule has 0 saturated heterocycles. The summed E-state index contributed by atoms with van der Waals surface area (Å²) in [5.41, 5.74) is 13.8. The van der Waals surface area contributed by atoms with Crippen LogP contribution in [0.25, 0.3) is 11.1 Å². The quantitative estimate of drug-likeness (QED) is 0.259. The highest BCUT2D eigenvalue weighted by atomic mass is 16.3. The molecule has 11 heteroatoms. The number of aliphatic hydroxyl groups excluding tert-OH is 1. The third-order valence-electron chi connectivity index (χ3n) is 5.99. The van der Waals surface area contributed by atoms with E-state index in [1.54, 1.807) is 24.3 Å². The maximum atomic E-state index is 13.1. The Balaban J connectivity index is 2.10. The molecule has 0 unspecified atom stereocenters. The number of fused-ring (bicyclic) bond motifs is 5. The second kappa shape index (κ2) is 11.2. The van der Waals surface area contributed by atoms with Crippen LogP contribution in [0.5, 0.6) is 11.5 Å². The van der Waals surface area contributed by atoms with Crippen molar-refractivity contribution in [1.29, 1.82) is 0 Å². The zero-order valence-electron chi connectivity index (χ0n) is 19.3. The number of phenolic OH excluding ortho intramolecular Hbond substituents is 2. The molecule has 1 heterocycles. The van der Waals surface area contributed by atoms with Gasteiger partial charge in [-0.25, -0.2) is 0 Å². The second-order valence-corrected chi connectivity index (χ2v) is 8.56. The highest BCUT2D eigenvalue weighted by Gasteiger charge is 2.30. The molecule has 11 nitrogen and oxygen atoms in total. The SMILES string of the molecule is CNC(=O)[C@H]1Cc2cc(ccc2O)-c2ccc(O)c(c2)C[C@H](N)C(=O)N[C@H](C[C@@H](O)CN)C(=O)N1. The van der Waals surface area contributed by atoms with Gasteiger partial charge < -0.3 is 42.7 Å². The Hall–Kier alpha value is -3.67. The van der Waals surface area contributed by atoms with Gasteiger partial charge in [0, 0.05) is 32.9 Å². The Bertz CT molecular complexity index is 1110. The van der Waals surface area contributed by atoms with Crippen molar-refractivity contribution in [2.24, 2.45) is 11.5 Å². The largest absolute Gasteiger partial charge is 0.508 e. The van der Waals surface area contributed by atoms with Gasteiger partial charge >= 0.3 is 0 Å². The topological polar surface area (TPSA) is 200 Å². The first-order valence-electron chi connectivity index (χ1n) is 11.2. The highest BCUT2D eigenvalue weighted by Crippen LogP contribution is 2.30. The molecule has 3 rings (SSSR count). The summed E-state index contributed by atoms with van der Waals surface area (Å²) in [6.07, 6.45) is -1.37. The summed E-state index contributed by atoms with van der Waals surface area (Å²) in [6.45, 7) is -0.147. The fourth-order valence-electron chi connectivity index (χ4n) is 3.94. The van der Waals surface area contributed by atoms with Crippen molar-refractivity contribution < 1.29 is 29.7 Å².